The number of carbonyl (C=O) groups is 2. The summed E-state index contributed by atoms with van der Waals surface area (Å²) in [6.07, 6.45) is 7.34. The highest BCUT2D eigenvalue weighted by Gasteiger charge is 2.41. The Morgan fingerprint density at radius 2 is 1.44 bits per heavy atom. The number of hydrogen-bond acceptors (Lipinski definition) is 3. The van der Waals surface area contributed by atoms with Crippen LogP contribution in [0.15, 0.2) is 0 Å². The first-order valence-electron chi connectivity index (χ1n) is 9.81. The molecule has 2 bridgehead atoms. The second-order valence-electron chi connectivity index (χ2n) is 7.86. The number of rotatable bonds is 1. The summed E-state index contributed by atoms with van der Waals surface area (Å²) in [7, 11) is 0. The lowest BCUT2D eigenvalue weighted by Gasteiger charge is -2.37. The van der Waals surface area contributed by atoms with Gasteiger partial charge in [0.1, 0.15) is 0 Å². The van der Waals surface area contributed by atoms with E-state index in [1.54, 1.807) is 0 Å². The Kier molecular flexibility index (Phi) is 6.10. The number of halogens is 1. The van der Waals surface area contributed by atoms with E-state index in [-0.39, 0.29) is 24.4 Å². The predicted octanol–water partition coefficient (Wildman–Crippen LogP) is 1.69. The lowest BCUT2D eigenvalue weighted by Crippen LogP contribution is -2.50. The first-order chi connectivity index (χ1) is 11.7. The molecule has 4 aliphatic rings. The fourth-order valence-electron chi connectivity index (χ4n) is 4.98. The molecule has 4 heterocycles. The third-order valence-electron chi connectivity index (χ3n) is 6.40. The van der Waals surface area contributed by atoms with Crippen LogP contribution in [0.1, 0.15) is 44.9 Å². The van der Waals surface area contributed by atoms with E-state index in [1.165, 1.54) is 6.42 Å². The van der Waals surface area contributed by atoms with Crippen molar-refractivity contribution in [1.29, 1.82) is 0 Å². The number of nitrogens with zero attached hydrogens (tertiary/aromatic N) is 3. The van der Waals surface area contributed by atoms with Crippen molar-refractivity contribution in [3.8, 4) is 0 Å². The van der Waals surface area contributed by atoms with E-state index in [0.29, 0.717) is 18.0 Å². The Bertz CT molecular complexity index is 475. The minimum absolute atomic E-state index is 0. The molecule has 3 amide bonds. The Labute approximate surface area is 156 Å². The maximum atomic E-state index is 13.1. The lowest BCUT2D eigenvalue weighted by atomic mass is 9.94. The van der Waals surface area contributed by atoms with Gasteiger partial charge < -0.3 is 20.0 Å². The van der Waals surface area contributed by atoms with Gasteiger partial charge >= 0.3 is 6.03 Å². The van der Waals surface area contributed by atoms with Crippen molar-refractivity contribution >= 4 is 24.3 Å². The number of carbonyl (C=O) groups excluding carboxylic acids is 2. The van der Waals surface area contributed by atoms with Crippen molar-refractivity contribution in [3.05, 3.63) is 0 Å². The highest BCUT2D eigenvalue weighted by Crippen LogP contribution is 2.32. The van der Waals surface area contributed by atoms with Crippen molar-refractivity contribution < 1.29 is 9.59 Å². The summed E-state index contributed by atoms with van der Waals surface area (Å²) in [5.41, 5.74) is 0. The molecule has 2 unspecified atom stereocenters. The number of piperidine rings is 1. The van der Waals surface area contributed by atoms with Gasteiger partial charge in [0.2, 0.25) is 5.91 Å². The molecule has 1 N–H and O–H groups in total. The Morgan fingerprint density at radius 3 is 2.16 bits per heavy atom. The third-order valence-corrected chi connectivity index (χ3v) is 6.40. The van der Waals surface area contributed by atoms with Gasteiger partial charge in [-0.05, 0) is 51.5 Å². The zero-order valence-corrected chi connectivity index (χ0v) is 15.8. The zero-order valence-electron chi connectivity index (χ0n) is 15.0. The van der Waals surface area contributed by atoms with Gasteiger partial charge in [-0.25, -0.2) is 4.79 Å². The number of nitrogens with one attached hydrogen (secondary N) is 1. The maximum absolute atomic E-state index is 13.1. The van der Waals surface area contributed by atoms with E-state index in [9.17, 15) is 9.59 Å². The zero-order chi connectivity index (χ0) is 16.5. The minimum Gasteiger partial charge on any atom is -0.335 e. The van der Waals surface area contributed by atoms with Crippen LogP contribution in [0.4, 0.5) is 4.79 Å². The van der Waals surface area contributed by atoms with Crippen LogP contribution >= 0.6 is 12.4 Å². The molecule has 4 saturated heterocycles. The van der Waals surface area contributed by atoms with Crippen LogP contribution in [0.2, 0.25) is 0 Å². The number of likely N-dealkylation sites (tertiary alicyclic amines) is 2. The standard InChI is InChI=1S/C18H30N4O2.ClH/c23-17(22-15-3-4-16(22)13-19-8-5-15)14-6-11-21(12-7-14)18(24)20-9-1-2-10-20;/h14-16,19H,1-13H2;1H. The van der Waals surface area contributed by atoms with E-state index in [4.69, 9.17) is 0 Å². The second kappa shape index (κ2) is 8.12. The highest BCUT2D eigenvalue weighted by molar-refractivity contribution is 5.85. The normalized spacial score (nSPS) is 30.2. The van der Waals surface area contributed by atoms with Crippen LogP contribution < -0.4 is 5.32 Å². The van der Waals surface area contributed by atoms with Crippen LogP contribution in [0.25, 0.3) is 0 Å². The predicted molar refractivity (Wildman–Crippen MR) is 98.9 cm³/mol. The molecular weight excluding hydrogens is 340 g/mol. The van der Waals surface area contributed by atoms with Gasteiger partial charge in [-0.15, -0.1) is 12.4 Å². The average molecular weight is 371 g/mol. The van der Waals surface area contributed by atoms with Gasteiger partial charge in [0.25, 0.3) is 0 Å². The van der Waals surface area contributed by atoms with Crippen molar-refractivity contribution in [2.45, 2.75) is 57.0 Å². The molecule has 25 heavy (non-hydrogen) atoms. The van der Waals surface area contributed by atoms with E-state index >= 15 is 0 Å². The molecule has 0 aromatic heterocycles. The van der Waals surface area contributed by atoms with Crippen LogP contribution in [0, 0.1) is 5.92 Å². The first kappa shape index (κ1) is 18.8. The number of amides is 3. The van der Waals surface area contributed by atoms with Gasteiger partial charge in [-0.2, -0.15) is 0 Å². The van der Waals surface area contributed by atoms with E-state index in [2.05, 4.69) is 10.2 Å². The summed E-state index contributed by atoms with van der Waals surface area (Å²) in [6, 6.07) is 1.04. The Hall–Kier alpha value is -1.01. The summed E-state index contributed by atoms with van der Waals surface area (Å²) in [5, 5.41) is 3.47. The average Bonchev–Trinajstić information content (AvgIpc) is 3.21. The molecular formula is C18H31ClN4O2. The smallest absolute Gasteiger partial charge is 0.319 e. The summed E-state index contributed by atoms with van der Waals surface area (Å²) >= 11 is 0. The van der Waals surface area contributed by atoms with Crippen LogP contribution in [-0.4, -0.2) is 78.0 Å². The number of urea groups is 1. The van der Waals surface area contributed by atoms with Crippen LogP contribution in [0.5, 0.6) is 0 Å². The quantitative estimate of drug-likeness (QED) is 0.764. The Morgan fingerprint density at radius 1 is 0.800 bits per heavy atom. The van der Waals surface area contributed by atoms with Gasteiger partial charge in [-0.3, -0.25) is 4.79 Å². The molecule has 4 aliphatic heterocycles. The van der Waals surface area contributed by atoms with Gasteiger partial charge in [0, 0.05) is 50.7 Å². The van der Waals surface area contributed by atoms with Crippen molar-refractivity contribution in [3.63, 3.8) is 0 Å². The summed E-state index contributed by atoms with van der Waals surface area (Å²) < 4.78 is 0. The molecule has 0 aliphatic carbocycles. The molecule has 4 fully saturated rings. The van der Waals surface area contributed by atoms with E-state index < -0.39 is 0 Å². The molecule has 142 valence electrons. The minimum atomic E-state index is 0. The van der Waals surface area contributed by atoms with Crippen LogP contribution in [-0.2, 0) is 4.79 Å². The monoisotopic (exact) mass is 370 g/mol. The van der Waals surface area contributed by atoms with Crippen molar-refractivity contribution in [2.24, 2.45) is 5.92 Å². The lowest BCUT2D eigenvalue weighted by molar-refractivity contribution is -0.139. The van der Waals surface area contributed by atoms with E-state index in [1.807, 2.05) is 9.80 Å². The summed E-state index contributed by atoms with van der Waals surface area (Å²) in [4.78, 5) is 31.7. The molecule has 0 spiro atoms. The molecule has 6 nitrogen and oxygen atoms in total. The van der Waals surface area contributed by atoms with Crippen LogP contribution in [0.3, 0.4) is 0 Å². The van der Waals surface area contributed by atoms with Gasteiger partial charge in [-0.1, -0.05) is 0 Å². The number of hydrogen-bond donors (Lipinski definition) is 1. The third kappa shape index (κ3) is 3.75. The fourth-order valence-corrected chi connectivity index (χ4v) is 4.98. The molecule has 0 aromatic rings. The van der Waals surface area contributed by atoms with Gasteiger partial charge in [0.05, 0.1) is 0 Å². The summed E-state index contributed by atoms with van der Waals surface area (Å²) in [5.74, 6) is 0.480. The highest BCUT2D eigenvalue weighted by atomic mass is 35.5. The van der Waals surface area contributed by atoms with E-state index in [0.717, 1.165) is 77.8 Å². The molecule has 0 radical (unpaired) electrons. The van der Waals surface area contributed by atoms with Gasteiger partial charge in [0.15, 0.2) is 0 Å². The molecule has 0 saturated carbocycles. The largest absolute Gasteiger partial charge is 0.335 e. The molecule has 2 atom stereocenters. The number of fused-ring (bicyclic) bond motifs is 2. The Balaban J connectivity index is 0.00000182. The van der Waals surface area contributed by atoms with Crippen molar-refractivity contribution in [1.82, 2.24) is 20.0 Å². The maximum Gasteiger partial charge on any atom is 0.319 e. The molecule has 0 aromatic carbocycles. The fraction of sp³-hybridized carbons (Fsp3) is 0.889. The summed E-state index contributed by atoms with van der Waals surface area (Å²) in [6.45, 7) is 5.28. The second-order valence-corrected chi connectivity index (χ2v) is 7.86. The SMILES string of the molecule is Cl.O=C(N1CCCC1)N1CCC(C(=O)N2C3CCNCC2CC3)CC1. The molecule has 4 rings (SSSR count). The first-order valence-corrected chi connectivity index (χ1v) is 9.81. The molecule has 7 heteroatoms. The topological polar surface area (TPSA) is 55.9 Å². The van der Waals surface area contributed by atoms with Crippen molar-refractivity contribution in [2.75, 3.05) is 39.3 Å².